The summed E-state index contributed by atoms with van der Waals surface area (Å²) in [5.74, 6) is 1.72. The number of methoxy groups -OCH3 is 1. The molecule has 1 aromatic heterocycles. The Bertz CT molecular complexity index is 924. The van der Waals surface area contributed by atoms with Crippen molar-refractivity contribution in [3.8, 4) is 17.1 Å². The summed E-state index contributed by atoms with van der Waals surface area (Å²) in [4.78, 5) is 12.2. The van der Waals surface area contributed by atoms with Crippen molar-refractivity contribution in [1.82, 2.24) is 0 Å². The molecule has 3 aromatic rings. The molecule has 0 saturated carbocycles. The van der Waals surface area contributed by atoms with Gasteiger partial charge in [-0.15, -0.1) is 0 Å². The van der Waals surface area contributed by atoms with Gasteiger partial charge in [-0.1, -0.05) is 23.2 Å². The average Bonchev–Trinajstić information content (AvgIpc) is 3.10. The van der Waals surface area contributed by atoms with Gasteiger partial charge in [0.25, 0.3) is 0 Å². The van der Waals surface area contributed by atoms with E-state index in [1.807, 2.05) is 0 Å². The van der Waals surface area contributed by atoms with Gasteiger partial charge in [0.05, 0.1) is 12.1 Å². The molecule has 0 bridgehead atoms. The number of allylic oxidation sites excluding steroid dienone is 1. The van der Waals surface area contributed by atoms with E-state index >= 15 is 0 Å². The van der Waals surface area contributed by atoms with E-state index in [9.17, 15) is 4.79 Å². The number of carbonyl (C=O) groups is 1. The summed E-state index contributed by atoms with van der Waals surface area (Å²) in [7, 11) is 1.58. The first-order chi connectivity index (χ1) is 12.1. The van der Waals surface area contributed by atoms with Crippen molar-refractivity contribution in [3.63, 3.8) is 0 Å². The lowest BCUT2D eigenvalue weighted by atomic mass is 10.1. The largest absolute Gasteiger partial charge is 0.497 e. The summed E-state index contributed by atoms with van der Waals surface area (Å²) >= 11 is 12.2. The first kappa shape index (κ1) is 17.3. The van der Waals surface area contributed by atoms with Crippen LogP contribution in [0.25, 0.3) is 17.4 Å². The molecule has 5 heteroatoms. The maximum absolute atomic E-state index is 12.2. The number of benzene rings is 2. The Hall–Kier alpha value is -2.49. The van der Waals surface area contributed by atoms with E-state index in [1.165, 1.54) is 6.08 Å². The van der Waals surface area contributed by atoms with Crippen molar-refractivity contribution in [1.29, 1.82) is 0 Å². The first-order valence-electron chi connectivity index (χ1n) is 7.48. The average molecular weight is 373 g/mol. The molecule has 1 heterocycles. The number of halogens is 2. The Balaban J connectivity index is 1.77. The third-order valence-corrected chi connectivity index (χ3v) is 4.16. The van der Waals surface area contributed by atoms with Crippen molar-refractivity contribution in [2.45, 2.75) is 0 Å². The molecule has 0 atom stereocenters. The fourth-order valence-corrected chi connectivity index (χ4v) is 2.67. The fourth-order valence-electron chi connectivity index (χ4n) is 2.28. The summed E-state index contributed by atoms with van der Waals surface area (Å²) in [5.41, 5.74) is 1.28. The van der Waals surface area contributed by atoms with Gasteiger partial charge >= 0.3 is 0 Å². The minimum Gasteiger partial charge on any atom is -0.497 e. The van der Waals surface area contributed by atoms with E-state index in [0.717, 1.165) is 0 Å². The second kappa shape index (κ2) is 7.60. The van der Waals surface area contributed by atoms with Gasteiger partial charge in [0.2, 0.25) is 0 Å². The highest BCUT2D eigenvalue weighted by Gasteiger charge is 2.09. The second-order valence-electron chi connectivity index (χ2n) is 5.25. The van der Waals surface area contributed by atoms with Gasteiger partial charge in [-0.3, -0.25) is 4.79 Å². The predicted octanol–water partition coefficient (Wildman–Crippen LogP) is 6.16. The topological polar surface area (TPSA) is 39.4 Å². The molecule has 25 heavy (non-hydrogen) atoms. The molecule has 0 radical (unpaired) electrons. The smallest absolute Gasteiger partial charge is 0.185 e. The third kappa shape index (κ3) is 4.13. The molecular formula is C20H14Cl2O3. The molecule has 0 aliphatic carbocycles. The second-order valence-corrected chi connectivity index (χ2v) is 6.10. The van der Waals surface area contributed by atoms with Crippen molar-refractivity contribution >= 4 is 35.1 Å². The van der Waals surface area contributed by atoms with Gasteiger partial charge in [0, 0.05) is 16.1 Å². The van der Waals surface area contributed by atoms with Crippen molar-refractivity contribution in [3.05, 3.63) is 82.0 Å². The number of hydrogen-bond acceptors (Lipinski definition) is 3. The molecule has 2 aromatic carbocycles. The molecule has 126 valence electrons. The SMILES string of the molecule is COc1ccc(C(=O)/C=C/c2ccc(-c3cc(Cl)ccc3Cl)o2)cc1. The lowest BCUT2D eigenvalue weighted by Gasteiger charge is -2.01. The van der Waals surface area contributed by atoms with Crippen LogP contribution in [0.5, 0.6) is 5.75 Å². The Morgan fingerprint density at radius 1 is 1.04 bits per heavy atom. The zero-order valence-electron chi connectivity index (χ0n) is 13.3. The lowest BCUT2D eigenvalue weighted by Crippen LogP contribution is -1.93. The van der Waals surface area contributed by atoms with E-state index in [-0.39, 0.29) is 5.78 Å². The van der Waals surface area contributed by atoms with Gasteiger partial charge in [0.1, 0.15) is 17.3 Å². The summed E-state index contributed by atoms with van der Waals surface area (Å²) in [6, 6.07) is 15.6. The molecule has 0 unspecified atom stereocenters. The number of carbonyl (C=O) groups excluding carboxylic acids is 1. The summed E-state index contributed by atoms with van der Waals surface area (Å²) in [5, 5.41) is 1.12. The Morgan fingerprint density at radius 2 is 1.80 bits per heavy atom. The van der Waals surface area contributed by atoms with E-state index in [1.54, 1.807) is 67.8 Å². The molecule has 3 nitrogen and oxygen atoms in total. The number of hydrogen-bond donors (Lipinski definition) is 0. The summed E-state index contributed by atoms with van der Waals surface area (Å²) < 4.78 is 10.8. The zero-order valence-corrected chi connectivity index (χ0v) is 14.8. The normalized spacial score (nSPS) is 11.0. The van der Waals surface area contributed by atoms with Gasteiger partial charge in [-0.2, -0.15) is 0 Å². The Morgan fingerprint density at radius 3 is 2.52 bits per heavy atom. The summed E-state index contributed by atoms with van der Waals surface area (Å²) in [6.45, 7) is 0. The number of ketones is 1. The molecule has 3 rings (SSSR count). The maximum atomic E-state index is 12.2. The van der Waals surface area contributed by atoms with Gasteiger partial charge in [-0.25, -0.2) is 0 Å². The molecule has 0 aliphatic rings. The van der Waals surface area contributed by atoms with Crippen molar-refractivity contribution < 1.29 is 13.9 Å². The molecule has 0 fully saturated rings. The van der Waals surface area contributed by atoms with Gasteiger partial charge < -0.3 is 9.15 Å². The Labute approximate surface area is 155 Å². The summed E-state index contributed by atoms with van der Waals surface area (Å²) in [6.07, 6.45) is 3.08. The maximum Gasteiger partial charge on any atom is 0.185 e. The van der Waals surface area contributed by atoms with Crippen LogP contribution in [0.3, 0.4) is 0 Å². The first-order valence-corrected chi connectivity index (χ1v) is 8.24. The van der Waals surface area contributed by atoms with Crippen LogP contribution in [0.1, 0.15) is 16.1 Å². The monoisotopic (exact) mass is 372 g/mol. The van der Waals surface area contributed by atoms with Crippen molar-refractivity contribution in [2.24, 2.45) is 0 Å². The zero-order chi connectivity index (χ0) is 17.8. The van der Waals surface area contributed by atoms with Crippen LogP contribution in [-0.4, -0.2) is 12.9 Å². The minimum atomic E-state index is -0.124. The van der Waals surface area contributed by atoms with E-state index in [4.69, 9.17) is 32.4 Å². The molecule has 0 spiro atoms. The van der Waals surface area contributed by atoms with Crippen LogP contribution in [-0.2, 0) is 0 Å². The third-order valence-electron chi connectivity index (χ3n) is 3.59. The molecular weight excluding hydrogens is 359 g/mol. The quantitative estimate of drug-likeness (QED) is 0.397. The highest BCUT2D eigenvalue weighted by molar-refractivity contribution is 6.35. The predicted molar refractivity (Wildman–Crippen MR) is 101 cm³/mol. The van der Waals surface area contributed by atoms with E-state index in [2.05, 4.69) is 0 Å². The van der Waals surface area contributed by atoms with Crippen LogP contribution in [0, 0.1) is 0 Å². The Kier molecular flexibility index (Phi) is 5.27. The van der Waals surface area contributed by atoms with Crippen LogP contribution in [0.4, 0.5) is 0 Å². The van der Waals surface area contributed by atoms with E-state index < -0.39 is 0 Å². The van der Waals surface area contributed by atoms with Crippen LogP contribution < -0.4 is 4.74 Å². The van der Waals surface area contributed by atoms with Gasteiger partial charge in [-0.05, 0) is 66.7 Å². The van der Waals surface area contributed by atoms with E-state index in [0.29, 0.717) is 38.4 Å². The fraction of sp³-hybridized carbons (Fsp3) is 0.0500. The molecule has 0 aliphatic heterocycles. The number of ether oxygens (including phenoxy) is 1. The standard InChI is InChI=1S/C20H14Cl2O3/c1-24-15-5-2-13(3-6-15)19(23)10-7-16-8-11-20(25-16)17-12-14(21)4-9-18(17)22/h2-12H,1H3/b10-7+. The number of rotatable bonds is 5. The van der Waals surface area contributed by atoms with Crippen LogP contribution >= 0.6 is 23.2 Å². The lowest BCUT2D eigenvalue weighted by molar-refractivity contribution is 0.104. The molecule has 0 N–H and O–H groups in total. The van der Waals surface area contributed by atoms with Gasteiger partial charge in [0.15, 0.2) is 5.78 Å². The molecule has 0 saturated heterocycles. The number of furan rings is 1. The van der Waals surface area contributed by atoms with Crippen molar-refractivity contribution in [2.75, 3.05) is 7.11 Å². The van der Waals surface area contributed by atoms with Crippen LogP contribution in [0.15, 0.2) is 65.1 Å². The molecule has 0 amide bonds. The highest BCUT2D eigenvalue weighted by Crippen LogP contribution is 2.32. The van der Waals surface area contributed by atoms with Crippen LogP contribution in [0.2, 0.25) is 10.0 Å². The minimum absolute atomic E-state index is 0.124. The highest BCUT2D eigenvalue weighted by atomic mass is 35.5.